The molecule has 7 aromatic carbocycles. The van der Waals surface area contributed by atoms with Crippen molar-refractivity contribution in [2.75, 3.05) is 9.80 Å². The summed E-state index contributed by atoms with van der Waals surface area (Å²) in [7, 11) is 0. The highest BCUT2D eigenvalue weighted by Crippen LogP contribution is 2.45. The summed E-state index contributed by atoms with van der Waals surface area (Å²) in [5, 5.41) is 3.89. The van der Waals surface area contributed by atoms with Crippen molar-refractivity contribution in [3.05, 3.63) is 210 Å². The van der Waals surface area contributed by atoms with Crippen LogP contribution in [-0.4, -0.2) is 11.9 Å². The summed E-state index contributed by atoms with van der Waals surface area (Å²) in [4.78, 5) is 31.5. The summed E-state index contributed by atoms with van der Waals surface area (Å²) in [6.07, 6.45) is 8.68. The Hall–Kier alpha value is -7.44. The predicted molar refractivity (Wildman–Crippen MR) is 224 cm³/mol. The van der Waals surface area contributed by atoms with Crippen molar-refractivity contribution in [2.45, 2.75) is 12.8 Å². The molecule has 0 atom stereocenters. The fraction of sp³-hybridized carbons (Fsp3) is 0.0400. The fourth-order valence-electron chi connectivity index (χ4n) is 7.84. The monoisotopic (exact) mass is 726 g/mol. The lowest BCUT2D eigenvalue weighted by molar-refractivity contribution is -0.131. The fourth-order valence-corrected chi connectivity index (χ4v) is 7.84. The topological polar surface area (TPSA) is 59.1 Å². The van der Waals surface area contributed by atoms with Gasteiger partial charge in [0.25, 0.3) is 0 Å². The van der Waals surface area contributed by atoms with Gasteiger partial charge in [0.2, 0.25) is 0 Å². The Bertz CT molecular complexity index is 2800. The lowest BCUT2D eigenvalue weighted by Crippen LogP contribution is -2.16. The summed E-state index contributed by atoms with van der Waals surface area (Å²) in [6, 6.07) is 55.0. The van der Waals surface area contributed by atoms with Gasteiger partial charge >= 0.3 is 11.9 Å². The van der Waals surface area contributed by atoms with Gasteiger partial charge in [0, 0.05) is 34.1 Å². The van der Waals surface area contributed by atoms with Gasteiger partial charge in [-0.25, -0.2) is 9.59 Å². The number of esters is 2. The van der Waals surface area contributed by atoms with Crippen LogP contribution in [0, 0.1) is 0 Å². The standard InChI is InChI=1S/C50H34N2O4/c53-49-45(37-23-21-35-31-43(27-25-33(35)29-37)51(39-13-5-1-6-14-39)40-15-7-2-8-16-40)47-48(56-49)46(50(54)55-47)38-24-22-36-32-44(28-26-34(36)30-38)52(41-17-9-3-10-18-41)42-19-11-4-12-20-42/h1-3,5-11,13-32H,4,12H2. The average Bonchev–Trinajstić information content (AvgIpc) is 3.73. The van der Waals surface area contributed by atoms with Crippen LogP contribution >= 0.6 is 0 Å². The number of benzene rings is 7. The van der Waals surface area contributed by atoms with Crippen LogP contribution in [-0.2, 0) is 19.1 Å². The van der Waals surface area contributed by atoms with Gasteiger partial charge in [-0.15, -0.1) is 0 Å². The Kier molecular flexibility index (Phi) is 8.15. The van der Waals surface area contributed by atoms with Crippen LogP contribution in [0.1, 0.15) is 24.0 Å². The highest BCUT2D eigenvalue weighted by molar-refractivity contribution is 6.29. The predicted octanol–water partition coefficient (Wildman–Crippen LogP) is 12.1. The van der Waals surface area contributed by atoms with Crippen LogP contribution in [0.15, 0.2) is 199 Å². The molecule has 0 aromatic heterocycles. The van der Waals surface area contributed by atoms with Crippen LogP contribution in [0.2, 0.25) is 0 Å². The molecule has 0 amide bonds. The molecule has 7 aromatic rings. The number of hydrogen-bond acceptors (Lipinski definition) is 6. The molecule has 0 fully saturated rings. The smallest absolute Gasteiger partial charge is 0.348 e. The van der Waals surface area contributed by atoms with E-state index in [1.165, 1.54) is 0 Å². The molecule has 6 nitrogen and oxygen atoms in total. The molecule has 0 saturated carbocycles. The average molecular weight is 727 g/mol. The molecule has 0 N–H and O–H groups in total. The molecule has 1 aliphatic carbocycles. The van der Waals surface area contributed by atoms with Gasteiger partial charge in [-0.1, -0.05) is 103 Å². The van der Waals surface area contributed by atoms with Gasteiger partial charge in [-0.05, 0) is 124 Å². The molecule has 0 radical (unpaired) electrons. The van der Waals surface area contributed by atoms with Gasteiger partial charge in [0.05, 0.1) is 0 Å². The number of nitrogens with zero attached hydrogens (tertiary/aromatic N) is 2. The maximum Gasteiger partial charge on any atom is 0.348 e. The van der Waals surface area contributed by atoms with Gasteiger partial charge in [-0.3, -0.25) is 0 Å². The molecular formula is C50H34N2O4. The zero-order chi connectivity index (χ0) is 37.6. The number of hydrogen-bond donors (Lipinski definition) is 0. The van der Waals surface area contributed by atoms with Crippen molar-refractivity contribution in [2.24, 2.45) is 0 Å². The number of allylic oxidation sites excluding steroid dienone is 3. The van der Waals surface area contributed by atoms with Crippen LogP contribution < -0.4 is 9.80 Å². The maximum absolute atomic E-state index is 13.5. The summed E-state index contributed by atoms with van der Waals surface area (Å²) in [5.74, 6) is -0.774. The molecule has 268 valence electrons. The number of carbonyl (C=O) groups excluding carboxylic acids is 2. The second kappa shape index (κ2) is 13.8. The Morgan fingerprint density at radius 1 is 0.411 bits per heavy atom. The van der Waals surface area contributed by atoms with Crippen molar-refractivity contribution in [1.29, 1.82) is 0 Å². The first-order valence-corrected chi connectivity index (χ1v) is 18.7. The van der Waals surface area contributed by atoms with E-state index in [2.05, 4.69) is 94.8 Å². The van der Waals surface area contributed by atoms with E-state index < -0.39 is 11.9 Å². The Morgan fingerprint density at radius 3 is 1.30 bits per heavy atom. The summed E-state index contributed by atoms with van der Waals surface area (Å²) >= 11 is 0. The van der Waals surface area contributed by atoms with E-state index in [0.717, 1.165) is 68.5 Å². The molecule has 2 aliphatic heterocycles. The van der Waals surface area contributed by atoms with Gasteiger partial charge < -0.3 is 19.3 Å². The first kappa shape index (κ1) is 33.2. The minimum Gasteiger partial charge on any atom is -0.418 e. The molecule has 0 bridgehead atoms. The Labute approximate surface area is 324 Å². The van der Waals surface area contributed by atoms with E-state index in [9.17, 15) is 9.59 Å². The SMILES string of the molecule is O=C1OC2=C(c3ccc4cc(N(c5ccccc5)c5ccccc5)ccc4c3)C(=O)OC2=C1c1ccc2cc(N(C3=CCCC=C3)c3ccccc3)ccc2c1. The molecule has 0 spiro atoms. The Morgan fingerprint density at radius 2 is 0.839 bits per heavy atom. The van der Waals surface area contributed by atoms with Crippen LogP contribution in [0.5, 0.6) is 0 Å². The van der Waals surface area contributed by atoms with Gasteiger partial charge in [-0.2, -0.15) is 0 Å². The summed E-state index contributed by atoms with van der Waals surface area (Å²) in [6.45, 7) is 0. The lowest BCUT2D eigenvalue weighted by Gasteiger charge is -2.28. The molecule has 6 heteroatoms. The zero-order valence-electron chi connectivity index (χ0n) is 30.3. The number of fused-ring (bicyclic) bond motifs is 3. The minimum atomic E-state index is -0.548. The van der Waals surface area contributed by atoms with E-state index in [4.69, 9.17) is 9.47 Å². The van der Waals surface area contributed by atoms with Crippen molar-refractivity contribution in [3.8, 4) is 0 Å². The van der Waals surface area contributed by atoms with E-state index in [1.54, 1.807) is 0 Å². The highest BCUT2D eigenvalue weighted by Gasteiger charge is 2.44. The van der Waals surface area contributed by atoms with Crippen LogP contribution in [0.3, 0.4) is 0 Å². The maximum atomic E-state index is 13.5. The third-order valence-electron chi connectivity index (χ3n) is 10.5. The number of anilines is 5. The lowest BCUT2D eigenvalue weighted by atomic mass is 9.98. The normalized spacial score (nSPS) is 14.9. The second-order valence-electron chi connectivity index (χ2n) is 14.0. The molecule has 56 heavy (non-hydrogen) atoms. The molecule has 0 unspecified atom stereocenters. The van der Waals surface area contributed by atoms with Crippen molar-refractivity contribution >= 4 is 73.1 Å². The van der Waals surface area contributed by atoms with Crippen molar-refractivity contribution in [1.82, 2.24) is 0 Å². The van der Waals surface area contributed by atoms with Crippen LogP contribution in [0.25, 0.3) is 32.7 Å². The molecule has 2 heterocycles. The van der Waals surface area contributed by atoms with E-state index in [1.807, 2.05) is 97.1 Å². The van der Waals surface area contributed by atoms with Gasteiger partial charge in [0.15, 0.2) is 11.5 Å². The number of rotatable bonds is 8. The van der Waals surface area contributed by atoms with Gasteiger partial charge in [0.1, 0.15) is 11.1 Å². The molecule has 10 rings (SSSR count). The Balaban J connectivity index is 0.986. The van der Waals surface area contributed by atoms with Crippen molar-refractivity contribution in [3.63, 3.8) is 0 Å². The van der Waals surface area contributed by atoms with E-state index in [0.29, 0.717) is 11.1 Å². The third kappa shape index (κ3) is 5.85. The summed E-state index contributed by atoms with van der Waals surface area (Å²) < 4.78 is 11.6. The van der Waals surface area contributed by atoms with E-state index in [-0.39, 0.29) is 22.7 Å². The molecule has 0 saturated heterocycles. The first-order chi connectivity index (χ1) is 27.6. The molecular weight excluding hydrogens is 693 g/mol. The summed E-state index contributed by atoms with van der Waals surface area (Å²) in [5.41, 5.74) is 8.06. The van der Waals surface area contributed by atoms with Crippen molar-refractivity contribution < 1.29 is 19.1 Å². The minimum absolute atomic E-state index is 0.160. The highest BCUT2D eigenvalue weighted by atomic mass is 16.6. The quantitative estimate of drug-likeness (QED) is 0.145. The number of carbonyl (C=O) groups is 2. The zero-order valence-corrected chi connectivity index (χ0v) is 30.3. The number of ether oxygens (including phenoxy) is 2. The molecule has 3 aliphatic rings. The number of para-hydroxylation sites is 3. The third-order valence-corrected chi connectivity index (χ3v) is 10.5. The van der Waals surface area contributed by atoms with Crippen LogP contribution in [0.4, 0.5) is 28.4 Å². The second-order valence-corrected chi connectivity index (χ2v) is 14.0. The largest absolute Gasteiger partial charge is 0.418 e. The van der Waals surface area contributed by atoms with E-state index >= 15 is 0 Å². The first-order valence-electron chi connectivity index (χ1n) is 18.7.